The molecule has 0 saturated heterocycles. The molecular formula is C24H31NO4. The van der Waals surface area contributed by atoms with Crippen molar-refractivity contribution in [3.63, 3.8) is 0 Å². The number of ether oxygens (including phenoxy) is 2. The molecule has 1 aliphatic heterocycles. The average Bonchev–Trinajstić information content (AvgIpc) is 2.98. The Morgan fingerprint density at radius 3 is 2.17 bits per heavy atom. The lowest BCUT2D eigenvalue weighted by atomic mass is 10.0. The maximum atomic E-state index is 12.5. The Bertz CT molecular complexity index is 775. The molecule has 0 unspecified atom stereocenters. The van der Waals surface area contributed by atoms with Crippen LogP contribution >= 0.6 is 0 Å². The smallest absolute Gasteiger partial charge is 0.355 e. The van der Waals surface area contributed by atoms with Crippen molar-refractivity contribution in [2.24, 2.45) is 0 Å². The van der Waals surface area contributed by atoms with E-state index in [9.17, 15) is 9.59 Å². The van der Waals surface area contributed by atoms with Gasteiger partial charge in [0.15, 0.2) is 0 Å². The highest BCUT2D eigenvalue weighted by Gasteiger charge is 2.27. The van der Waals surface area contributed by atoms with Crippen LogP contribution in [0.25, 0.3) is 0 Å². The molecule has 1 aromatic rings. The number of hydrogen-bond acceptors (Lipinski definition) is 5. The summed E-state index contributed by atoms with van der Waals surface area (Å²) in [5.74, 6) is -1.19. The quantitative estimate of drug-likeness (QED) is 0.407. The summed E-state index contributed by atoms with van der Waals surface area (Å²) in [6.07, 6.45) is 15.4. The molecule has 0 bridgehead atoms. The van der Waals surface area contributed by atoms with Crippen molar-refractivity contribution in [3.8, 4) is 0 Å². The van der Waals surface area contributed by atoms with Crippen molar-refractivity contribution < 1.29 is 19.1 Å². The zero-order valence-corrected chi connectivity index (χ0v) is 17.6. The summed E-state index contributed by atoms with van der Waals surface area (Å²) in [5, 5.41) is 0. The number of carbonyl (C=O) groups is 2. The molecule has 0 aliphatic carbocycles. The predicted molar refractivity (Wildman–Crippen MR) is 115 cm³/mol. The van der Waals surface area contributed by atoms with Crippen molar-refractivity contribution in [2.45, 2.75) is 51.9 Å². The van der Waals surface area contributed by atoms with Gasteiger partial charge in [-0.25, -0.2) is 9.59 Å². The monoisotopic (exact) mass is 397 g/mol. The molecule has 0 N–H and O–H groups in total. The van der Waals surface area contributed by atoms with E-state index in [2.05, 4.69) is 19.1 Å². The average molecular weight is 398 g/mol. The lowest BCUT2D eigenvalue weighted by Crippen LogP contribution is -2.26. The summed E-state index contributed by atoms with van der Waals surface area (Å²) < 4.78 is 9.77. The Morgan fingerprint density at radius 2 is 1.52 bits per heavy atom. The molecule has 0 fully saturated rings. The molecule has 0 amide bonds. The Hall–Kier alpha value is -2.82. The third-order valence-electron chi connectivity index (χ3n) is 4.92. The fraction of sp³-hybridized carbons (Fsp3) is 0.417. The zero-order chi connectivity index (χ0) is 21.1. The minimum atomic E-state index is -0.599. The van der Waals surface area contributed by atoms with E-state index < -0.39 is 11.9 Å². The Balaban J connectivity index is 2.16. The molecule has 0 spiro atoms. The number of anilines is 1. The molecule has 1 aliphatic rings. The number of allylic oxidation sites excluding steroid dienone is 2. The van der Waals surface area contributed by atoms with Crippen molar-refractivity contribution in [2.75, 3.05) is 19.1 Å². The van der Waals surface area contributed by atoms with Crippen molar-refractivity contribution in [3.05, 3.63) is 65.5 Å². The van der Waals surface area contributed by atoms with Crippen LogP contribution in [0.4, 0.5) is 5.69 Å². The summed E-state index contributed by atoms with van der Waals surface area (Å²) >= 11 is 0. The maximum absolute atomic E-state index is 12.5. The predicted octanol–water partition coefficient (Wildman–Crippen LogP) is 5.08. The Labute approximate surface area is 173 Å². The highest BCUT2D eigenvalue weighted by Crippen LogP contribution is 2.27. The molecule has 0 radical (unpaired) electrons. The van der Waals surface area contributed by atoms with Crippen molar-refractivity contribution in [1.82, 2.24) is 0 Å². The second-order valence-electron chi connectivity index (χ2n) is 7.00. The van der Waals surface area contributed by atoms with Gasteiger partial charge in [0.1, 0.15) is 5.70 Å². The number of rotatable bonds is 10. The van der Waals surface area contributed by atoms with Gasteiger partial charge in [-0.05, 0) is 42.7 Å². The number of nitrogens with zero attached hydrogens (tertiary/aromatic N) is 1. The topological polar surface area (TPSA) is 55.8 Å². The molecule has 29 heavy (non-hydrogen) atoms. The van der Waals surface area contributed by atoms with Crippen molar-refractivity contribution >= 4 is 17.6 Å². The van der Waals surface area contributed by atoms with Gasteiger partial charge in [0.25, 0.3) is 0 Å². The van der Waals surface area contributed by atoms with Gasteiger partial charge in [-0.15, -0.1) is 0 Å². The highest BCUT2D eigenvalue weighted by atomic mass is 16.5. The molecule has 156 valence electrons. The van der Waals surface area contributed by atoms with Gasteiger partial charge in [-0.3, -0.25) is 0 Å². The zero-order valence-electron chi connectivity index (χ0n) is 17.6. The molecule has 1 heterocycles. The standard InChI is InChI=1S/C24H31NO4/c1-4-5-6-7-8-9-12-19-14-16-20(17-15-19)25-18-11-10-13-21(23(26)28-2)22(25)24(27)29-3/h10-11,13-18H,4-9,12H2,1-3H3. The largest absolute Gasteiger partial charge is 0.465 e. The van der Waals surface area contributed by atoms with E-state index in [1.165, 1.54) is 58.3 Å². The number of hydrogen-bond donors (Lipinski definition) is 0. The van der Waals surface area contributed by atoms with Crippen LogP contribution in [0.5, 0.6) is 0 Å². The molecule has 2 rings (SSSR count). The van der Waals surface area contributed by atoms with E-state index in [0.29, 0.717) is 0 Å². The van der Waals surface area contributed by atoms with E-state index in [4.69, 9.17) is 9.47 Å². The second-order valence-corrected chi connectivity index (χ2v) is 7.00. The fourth-order valence-electron chi connectivity index (χ4n) is 3.30. The van der Waals surface area contributed by atoms with Crippen LogP contribution in [0, 0.1) is 0 Å². The minimum Gasteiger partial charge on any atom is -0.465 e. The third-order valence-corrected chi connectivity index (χ3v) is 4.92. The van der Waals surface area contributed by atoms with E-state index in [1.807, 2.05) is 12.1 Å². The van der Waals surface area contributed by atoms with E-state index >= 15 is 0 Å². The van der Waals surface area contributed by atoms with Crippen molar-refractivity contribution in [1.29, 1.82) is 0 Å². The maximum Gasteiger partial charge on any atom is 0.355 e. The number of carbonyl (C=O) groups excluding carboxylic acids is 2. The van der Waals surface area contributed by atoms with Gasteiger partial charge in [0, 0.05) is 11.9 Å². The van der Waals surface area contributed by atoms with Crippen LogP contribution in [-0.2, 0) is 25.5 Å². The summed E-state index contributed by atoms with van der Waals surface area (Å²) in [5.41, 5.74) is 2.32. The number of aryl methyl sites for hydroxylation is 1. The number of benzene rings is 1. The van der Waals surface area contributed by atoms with Gasteiger partial charge in [-0.1, -0.05) is 57.2 Å². The summed E-state index contributed by atoms with van der Waals surface area (Å²) in [6.45, 7) is 2.23. The SMILES string of the molecule is CCCCCCCCc1ccc(N2C=CC=CC(C(=O)OC)=C2C(=O)OC)cc1. The Kier molecular flexibility index (Phi) is 9.22. The summed E-state index contributed by atoms with van der Waals surface area (Å²) in [4.78, 5) is 26.3. The first-order chi connectivity index (χ1) is 14.1. The third kappa shape index (κ3) is 6.34. The number of unbranched alkanes of at least 4 members (excludes halogenated alkanes) is 5. The van der Waals surface area contributed by atoms with Gasteiger partial charge in [0.05, 0.1) is 19.8 Å². The lowest BCUT2D eigenvalue weighted by molar-refractivity contribution is -0.139. The van der Waals surface area contributed by atoms with Crippen LogP contribution in [-0.4, -0.2) is 26.2 Å². The Morgan fingerprint density at radius 1 is 0.862 bits per heavy atom. The van der Waals surface area contributed by atoms with Gasteiger partial charge in [-0.2, -0.15) is 0 Å². The van der Waals surface area contributed by atoms with E-state index in [1.54, 1.807) is 29.3 Å². The molecule has 0 aromatic heterocycles. The minimum absolute atomic E-state index is 0.132. The second kappa shape index (κ2) is 11.9. The highest BCUT2D eigenvalue weighted by molar-refractivity contribution is 6.05. The first-order valence-corrected chi connectivity index (χ1v) is 10.3. The van der Waals surface area contributed by atoms with Gasteiger partial charge in [0.2, 0.25) is 0 Å². The van der Waals surface area contributed by atoms with Gasteiger partial charge >= 0.3 is 11.9 Å². The van der Waals surface area contributed by atoms with E-state index in [0.717, 1.165) is 12.1 Å². The molecule has 5 nitrogen and oxygen atoms in total. The fourth-order valence-corrected chi connectivity index (χ4v) is 3.30. The molecule has 0 atom stereocenters. The van der Waals surface area contributed by atoms with Crippen LogP contribution in [0.1, 0.15) is 51.0 Å². The number of methoxy groups -OCH3 is 2. The molecule has 1 aromatic carbocycles. The van der Waals surface area contributed by atoms with Gasteiger partial charge < -0.3 is 14.4 Å². The van der Waals surface area contributed by atoms with Crippen LogP contribution in [0.2, 0.25) is 0 Å². The molecule has 0 saturated carbocycles. The molecular weight excluding hydrogens is 366 g/mol. The van der Waals surface area contributed by atoms with Crippen LogP contribution < -0.4 is 4.90 Å². The van der Waals surface area contributed by atoms with Crippen LogP contribution in [0.3, 0.4) is 0 Å². The molecule has 5 heteroatoms. The first kappa shape index (κ1) is 22.5. The summed E-state index contributed by atoms with van der Waals surface area (Å²) in [6, 6.07) is 8.06. The van der Waals surface area contributed by atoms with Crippen LogP contribution in [0.15, 0.2) is 60.0 Å². The number of esters is 2. The first-order valence-electron chi connectivity index (χ1n) is 10.3. The normalized spacial score (nSPS) is 13.4. The van der Waals surface area contributed by atoms with E-state index in [-0.39, 0.29) is 11.3 Å². The lowest BCUT2D eigenvalue weighted by Gasteiger charge is -2.23. The summed E-state index contributed by atoms with van der Waals surface area (Å²) in [7, 11) is 2.59.